The molecule has 0 bridgehead atoms. The van der Waals surface area contributed by atoms with Crippen molar-refractivity contribution in [3.63, 3.8) is 0 Å². The van der Waals surface area contributed by atoms with Crippen LogP contribution in [0.3, 0.4) is 0 Å². The number of esters is 1. The Morgan fingerprint density at radius 2 is 1.89 bits per heavy atom. The molecule has 0 aliphatic rings. The molecule has 0 spiro atoms. The number of nitrogens with zero attached hydrogens (tertiary/aromatic N) is 3. The van der Waals surface area contributed by atoms with Crippen LogP contribution in [0.4, 0.5) is 5.69 Å². The number of carbonyl (C=O) groups is 2. The number of likely N-dealkylation sites (N-methyl/N-ethyl adjacent to an activating group) is 1. The summed E-state index contributed by atoms with van der Waals surface area (Å²) in [6.07, 6.45) is 0.162. The highest BCUT2D eigenvalue weighted by molar-refractivity contribution is 5.91. The van der Waals surface area contributed by atoms with Crippen molar-refractivity contribution in [3.05, 3.63) is 46.4 Å². The highest BCUT2D eigenvalue weighted by Crippen LogP contribution is 2.14. The van der Waals surface area contributed by atoms with E-state index in [0.29, 0.717) is 18.8 Å². The van der Waals surface area contributed by atoms with Gasteiger partial charge in [0.1, 0.15) is 5.69 Å². The molecule has 1 heterocycles. The van der Waals surface area contributed by atoms with E-state index in [4.69, 9.17) is 4.74 Å². The number of para-hydroxylation sites is 1. The third-order valence-electron chi connectivity index (χ3n) is 4.24. The molecule has 27 heavy (non-hydrogen) atoms. The third kappa shape index (κ3) is 5.07. The summed E-state index contributed by atoms with van der Waals surface area (Å²) in [5, 5.41) is 2.71. The standard InChI is InChI=1S/C19H26N4O4/c1-5-27-17(25)13-21(3)12-11-16(24)20-18-14(2)22(4)23(19(18)26)15-9-7-6-8-10-15/h6-10H,5,11-13H2,1-4H3,(H,20,24). The van der Waals surface area contributed by atoms with Crippen LogP contribution in [-0.4, -0.2) is 52.9 Å². The van der Waals surface area contributed by atoms with E-state index in [1.165, 1.54) is 4.68 Å². The normalized spacial score (nSPS) is 10.9. The molecule has 146 valence electrons. The number of carbonyl (C=O) groups excluding carboxylic acids is 2. The molecule has 0 aliphatic heterocycles. The number of ether oxygens (including phenoxy) is 1. The zero-order valence-electron chi connectivity index (χ0n) is 16.2. The number of rotatable bonds is 8. The first-order valence-electron chi connectivity index (χ1n) is 8.83. The van der Waals surface area contributed by atoms with E-state index in [1.807, 2.05) is 30.3 Å². The van der Waals surface area contributed by atoms with Crippen LogP contribution in [-0.2, 0) is 21.4 Å². The maximum atomic E-state index is 12.8. The molecule has 8 heteroatoms. The highest BCUT2D eigenvalue weighted by Gasteiger charge is 2.18. The number of hydrogen-bond donors (Lipinski definition) is 1. The van der Waals surface area contributed by atoms with Gasteiger partial charge in [-0.25, -0.2) is 4.68 Å². The highest BCUT2D eigenvalue weighted by atomic mass is 16.5. The summed E-state index contributed by atoms with van der Waals surface area (Å²) in [6, 6.07) is 9.23. The summed E-state index contributed by atoms with van der Waals surface area (Å²) >= 11 is 0. The molecule has 0 radical (unpaired) electrons. The molecule has 1 amide bonds. The molecule has 1 aromatic carbocycles. The number of aromatic nitrogens is 2. The van der Waals surface area contributed by atoms with Gasteiger partial charge >= 0.3 is 5.97 Å². The van der Waals surface area contributed by atoms with Crippen molar-refractivity contribution in [1.29, 1.82) is 0 Å². The van der Waals surface area contributed by atoms with Gasteiger partial charge in [-0.3, -0.25) is 24.0 Å². The van der Waals surface area contributed by atoms with Crippen LogP contribution >= 0.6 is 0 Å². The van der Waals surface area contributed by atoms with Gasteiger partial charge in [0.2, 0.25) is 5.91 Å². The van der Waals surface area contributed by atoms with Gasteiger partial charge in [0.25, 0.3) is 5.56 Å². The minimum Gasteiger partial charge on any atom is -0.465 e. The average molecular weight is 374 g/mol. The molecular weight excluding hydrogens is 348 g/mol. The van der Waals surface area contributed by atoms with E-state index in [0.717, 1.165) is 5.69 Å². The fourth-order valence-corrected chi connectivity index (χ4v) is 2.71. The smallest absolute Gasteiger partial charge is 0.320 e. The van der Waals surface area contributed by atoms with Crippen molar-refractivity contribution < 1.29 is 14.3 Å². The summed E-state index contributed by atoms with van der Waals surface area (Å²) in [5.74, 6) is -0.609. The van der Waals surface area contributed by atoms with Crippen LogP contribution < -0.4 is 10.9 Å². The van der Waals surface area contributed by atoms with Crippen molar-refractivity contribution in [2.24, 2.45) is 7.05 Å². The zero-order valence-corrected chi connectivity index (χ0v) is 16.2. The molecule has 0 saturated carbocycles. The van der Waals surface area contributed by atoms with E-state index in [2.05, 4.69) is 5.32 Å². The topological polar surface area (TPSA) is 85.6 Å². The fourth-order valence-electron chi connectivity index (χ4n) is 2.71. The number of amides is 1. The monoisotopic (exact) mass is 374 g/mol. The zero-order chi connectivity index (χ0) is 20.0. The first kappa shape index (κ1) is 20.4. The Kier molecular flexibility index (Phi) is 6.95. The van der Waals surface area contributed by atoms with Crippen LogP contribution in [0.1, 0.15) is 19.0 Å². The summed E-state index contributed by atoms with van der Waals surface area (Å²) in [4.78, 5) is 38.2. The van der Waals surface area contributed by atoms with Crippen LogP contribution in [0, 0.1) is 6.92 Å². The van der Waals surface area contributed by atoms with Gasteiger partial charge < -0.3 is 10.1 Å². The lowest BCUT2D eigenvalue weighted by Crippen LogP contribution is -2.31. The Labute approximate surface area is 158 Å². The van der Waals surface area contributed by atoms with Gasteiger partial charge in [-0.15, -0.1) is 0 Å². The molecule has 2 aromatic rings. The summed E-state index contributed by atoms with van der Waals surface area (Å²) in [5.41, 5.74) is 1.37. The average Bonchev–Trinajstić information content (AvgIpc) is 2.84. The lowest BCUT2D eigenvalue weighted by atomic mass is 10.3. The van der Waals surface area contributed by atoms with Crippen molar-refractivity contribution in [2.75, 3.05) is 32.1 Å². The van der Waals surface area contributed by atoms with Crippen LogP contribution in [0.2, 0.25) is 0 Å². The van der Waals surface area contributed by atoms with E-state index < -0.39 is 0 Å². The lowest BCUT2D eigenvalue weighted by molar-refractivity contribution is -0.144. The van der Waals surface area contributed by atoms with E-state index in [-0.39, 0.29) is 36.1 Å². The largest absolute Gasteiger partial charge is 0.465 e. The summed E-state index contributed by atoms with van der Waals surface area (Å²) < 4.78 is 8.10. The van der Waals surface area contributed by atoms with Gasteiger partial charge in [-0.2, -0.15) is 0 Å². The fraction of sp³-hybridized carbons (Fsp3) is 0.421. The Hall–Kier alpha value is -2.87. The third-order valence-corrected chi connectivity index (χ3v) is 4.24. The van der Waals surface area contributed by atoms with Gasteiger partial charge in [0.05, 0.1) is 24.5 Å². The van der Waals surface area contributed by atoms with Crippen LogP contribution in [0.15, 0.2) is 35.1 Å². The Balaban J connectivity index is 2.04. The van der Waals surface area contributed by atoms with Crippen LogP contribution in [0.25, 0.3) is 5.69 Å². The molecule has 8 nitrogen and oxygen atoms in total. The van der Waals surface area contributed by atoms with E-state index in [1.54, 1.807) is 37.5 Å². The first-order chi connectivity index (χ1) is 12.8. The molecule has 1 aromatic heterocycles. The second-order valence-electron chi connectivity index (χ2n) is 6.28. The number of nitrogens with one attached hydrogen (secondary N) is 1. The van der Waals surface area contributed by atoms with Crippen LogP contribution in [0.5, 0.6) is 0 Å². The Morgan fingerprint density at radius 3 is 2.52 bits per heavy atom. The SMILES string of the molecule is CCOC(=O)CN(C)CCC(=O)Nc1c(C)n(C)n(-c2ccccc2)c1=O. The Bertz CT molecular complexity index is 855. The maximum Gasteiger partial charge on any atom is 0.320 e. The van der Waals surface area contributed by atoms with E-state index in [9.17, 15) is 14.4 Å². The van der Waals surface area contributed by atoms with Crippen molar-refractivity contribution in [3.8, 4) is 5.69 Å². The van der Waals surface area contributed by atoms with E-state index >= 15 is 0 Å². The van der Waals surface area contributed by atoms with Crippen molar-refractivity contribution in [2.45, 2.75) is 20.3 Å². The van der Waals surface area contributed by atoms with Gasteiger partial charge in [-0.05, 0) is 33.0 Å². The predicted octanol–water partition coefficient (Wildman–Crippen LogP) is 1.31. The molecule has 0 fully saturated rings. The molecule has 0 saturated heterocycles. The minimum atomic E-state index is -0.329. The second kappa shape index (κ2) is 9.18. The second-order valence-corrected chi connectivity index (χ2v) is 6.28. The minimum absolute atomic E-state index is 0.117. The van der Waals surface area contributed by atoms with Crippen molar-refractivity contribution in [1.82, 2.24) is 14.3 Å². The summed E-state index contributed by atoms with van der Waals surface area (Å²) in [7, 11) is 3.51. The molecule has 0 atom stereocenters. The maximum absolute atomic E-state index is 12.8. The quantitative estimate of drug-likeness (QED) is 0.704. The molecule has 0 unspecified atom stereocenters. The number of benzene rings is 1. The number of hydrogen-bond acceptors (Lipinski definition) is 5. The number of anilines is 1. The lowest BCUT2D eigenvalue weighted by Gasteiger charge is -2.14. The summed E-state index contributed by atoms with van der Waals surface area (Å²) in [6.45, 7) is 4.35. The molecule has 0 aliphatic carbocycles. The van der Waals surface area contributed by atoms with Gasteiger partial charge in [0, 0.05) is 20.0 Å². The van der Waals surface area contributed by atoms with Gasteiger partial charge in [-0.1, -0.05) is 18.2 Å². The predicted molar refractivity (Wildman–Crippen MR) is 103 cm³/mol. The molecule has 1 N–H and O–H groups in total. The first-order valence-corrected chi connectivity index (χ1v) is 8.83. The van der Waals surface area contributed by atoms with Gasteiger partial charge in [0.15, 0.2) is 0 Å². The molecule has 2 rings (SSSR count). The Morgan fingerprint density at radius 1 is 1.22 bits per heavy atom. The van der Waals surface area contributed by atoms with Crippen molar-refractivity contribution >= 4 is 17.6 Å². The molecular formula is C19H26N4O4.